The summed E-state index contributed by atoms with van der Waals surface area (Å²) < 4.78 is 5.38. The third kappa shape index (κ3) is 4.64. The topological polar surface area (TPSA) is 55.4 Å². The minimum absolute atomic E-state index is 0.224. The monoisotopic (exact) mass is 405 g/mol. The van der Waals surface area contributed by atoms with Gasteiger partial charge >= 0.3 is 5.97 Å². The van der Waals surface area contributed by atoms with Crippen molar-refractivity contribution < 1.29 is 14.3 Å². The van der Waals surface area contributed by atoms with Crippen LogP contribution >= 0.6 is 0 Å². The lowest BCUT2D eigenvalue weighted by Crippen LogP contribution is -2.56. The molecule has 1 amide bonds. The van der Waals surface area contributed by atoms with Gasteiger partial charge in [-0.2, -0.15) is 0 Å². The molecule has 0 saturated carbocycles. The lowest BCUT2D eigenvalue weighted by atomic mass is 9.93. The highest BCUT2D eigenvalue weighted by Gasteiger charge is 2.46. The highest BCUT2D eigenvalue weighted by molar-refractivity contribution is 6.00. The molecule has 4 nitrogen and oxygen atoms in total. The van der Waals surface area contributed by atoms with E-state index in [-0.39, 0.29) is 18.5 Å². The normalized spacial score (nSPS) is 14.5. The van der Waals surface area contributed by atoms with E-state index in [1.54, 1.807) is 6.92 Å². The van der Waals surface area contributed by atoms with Crippen molar-refractivity contribution in [2.75, 3.05) is 6.61 Å². The average molecular weight is 406 g/mol. The molecule has 0 atom stereocenters. The van der Waals surface area contributed by atoms with Gasteiger partial charge in [0.15, 0.2) is 0 Å². The van der Waals surface area contributed by atoms with Gasteiger partial charge in [0, 0.05) is 18.4 Å². The smallest absolute Gasteiger partial charge is 0.332 e. The van der Waals surface area contributed by atoms with Crippen LogP contribution in [0.5, 0.6) is 0 Å². The second kappa shape index (κ2) is 9.75. The van der Waals surface area contributed by atoms with Crippen molar-refractivity contribution in [3.05, 3.63) is 82.4 Å². The van der Waals surface area contributed by atoms with Crippen molar-refractivity contribution in [1.29, 1.82) is 0 Å². The molecule has 0 aromatic heterocycles. The summed E-state index contributed by atoms with van der Waals surface area (Å²) in [6, 6.07) is 13.7. The van der Waals surface area contributed by atoms with Crippen molar-refractivity contribution in [3.8, 4) is 0 Å². The van der Waals surface area contributed by atoms with Gasteiger partial charge in [0.2, 0.25) is 0 Å². The van der Waals surface area contributed by atoms with E-state index >= 15 is 0 Å². The molecular weight excluding hydrogens is 374 g/mol. The zero-order valence-electron chi connectivity index (χ0n) is 18.2. The Morgan fingerprint density at radius 3 is 2.37 bits per heavy atom. The van der Waals surface area contributed by atoms with Gasteiger partial charge in [0.1, 0.15) is 5.54 Å². The fourth-order valence-corrected chi connectivity index (χ4v) is 4.12. The molecule has 2 aromatic carbocycles. The Morgan fingerprint density at radius 1 is 1.03 bits per heavy atom. The van der Waals surface area contributed by atoms with Crippen LogP contribution in [-0.4, -0.2) is 24.0 Å². The van der Waals surface area contributed by atoms with Gasteiger partial charge in [-0.05, 0) is 55.0 Å². The number of rotatable bonds is 8. The van der Waals surface area contributed by atoms with Crippen LogP contribution in [0.1, 0.15) is 59.3 Å². The van der Waals surface area contributed by atoms with E-state index in [0.29, 0.717) is 24.8 Å². The third-order valence-corrected chi connectivity index (χ3v) is 5.72. The first-order valence-electron chi connectivity index (χ1n) is 10.8. The summed E-state index contributed by atoms with van der Waals surface area (Å²) in [5.41, 5.74) is 3.79. The van der Waals surface area contributed by atoms with E-state index in [1.165, 1.54) is 0 Å². The van der Waals surface area contributed by atoms with Crippen LogP contribution in [0.3, 0.4) is 0 Å². The molecule has 158 valence electrons. The Kier molecular flexibility index (Phi) is 7.09. The molecule has 0 unspecified atom stereocenters. The first-order valence-corrected chi connectivity index (χ1v) is 10.8. The first-order chi connectivity index (χ1) is 14.5. The van der Waals surface area contributed by atoms with E-state index in [2.05, 4.69) is 24.4 Å². The Labute approximate surface area is 179 Å². The standard InChI is InChI=1S/C26H31NO3/c1-4-6-7-8-15-22-19(3)12-11-16-23(22)24(28)27-26(25(29)30-5-2)17-20-13-9-10-14-21(20)18-26/h7-14,16H,4-6,15,17-18H2,1-3H3,(H,27,28). The lowest BCUT2D eigenvalue weighted by Gasteiger charge is -2.28. The summed E-state index contributed by atoms with van der Waals surface area (Å²) in [5.74, 6) is -0.593. The van der Waals surface area contributed by atoms with E-state index in [9.17, 15) is 9.59 Å². The predicted octanol–water partition coefficient (Wildman–Crippen LogP) is 4.72. The van der Waals surface area contributed by atoms with E-state index in [4.69, 9.17) is 4.74 Å². The summed E-state index contributed by atoms with van der Waals surface area (Å²) in [6.45, 7) is 6.24. The zero-order valence-corrected chi connectivity index (χ0v) is 18.2. The van der Waals surface area contributed by atoms with Gasteiger partial charge in [-0.3, -0.25) is 4.79 Å². The molecule has 0 radical (unpaired) electrons. The van der Waals surface area contributed by atoms with E-state index < -0.39 is 5.54 Å². The number of hydrogen-bond acceptors (Lipinski definition) is 3. The van der Waals surface area contributed by atoms with Crippen LogP contribution in [0.25, 0.3) is 0 Å². The number of esters is 1. The van der Waals surface area contributed by atoms with Gasteiger partial charge in [-0.15, -0.1) is 0 Å². The van der Waals surface area contributed by atoms with Gasteiger partial charge < -0.3 is 10.1 Å². The molecule has 4 heteroatoms. The molecule has 1 aliphatic carbocycles. The SMILES string of the molecule is CCCC=CCc1c(C)cccc1C(=O)NC1(C(=O)OCC)Cc2ccccc2C1. The summed E-state index contributed by atoms with van der Waals surface area (Å²) in [5, 5.41) is 3.07. The lowest BCUT2D eigenvalue weighted by molar-refractivity contribution is -0.150. The Hall–Kier alpha value is -2.88. The predicted molar refractivity (Wildman–Crippen MR) is 120 cm³/mol. The Balaban J connectivity index is 1.89. The van der Waals surface area contributed by atoms with Crippen LogP contribution in [0.4, 0.5) is 0 Å². The van der Waals surface area contributed by atoms with E-state index in [0.717, 1.165) is 35.1 Å². The largest absolute Gasteiger partial charge is 0.464 e. The molecule has 0 fully saturated rings. The highest BCUT2D eigenvalue weighted by Crippen LogP contribution is 2.32. The number of carbonyl (C=O) groups excluding carboxylic acids is 2. The average Bonchev–Trinajstić information content (AvgIpc) is 3.11. The fraction of sp³-hybridized carbons (Fsp3) is 0.385. The third-order valence-electron chi connectivity index (χ3n) is 5.72. The van der Waals surface area contributed by atoms with Crippen molar-refractivity contribution in [3.63, 3.8) is 0 Å². The summed E-state index contributed by atoms with van der Waals surface area (Å²) in [6.07, 6.45) is 7.99. The van der Waals surface area contributed by atoms with Crippen LogP contribution in [0.15, 0.2) is 54.6 Å². The van der Waals surface area contributed by atoms with Crippen LogP contribution in [0.2, 0.25) is 0 Å². The number of amides is 1. The van der Waals surface area contributed by atoms with Crippen molar-refractivity contribution in [1.82, 2.24) is 5.32 Å². The first kappa shape index (κ1) is 21.8. The number of allylic oxidation sites excluding steroid dienone is 2. The number of hydrogen-bond donors (Lipinski definition) is 1. The summed E-state index contributed by atoms with van der Waals surface area (Å²) in [7, 11) is 0. The molecule has 1 N–H and O–H groups in total. The quantitative estimate of drug-likeness (QED) is 0.510. The second-order valence-corrected chi connectivity index (χ2v) is 7.94. The summed E-state index contributed by atoms with van der Waals surface area (Å²) >= 11 is 0. The maximum Gasteiger partial charge on any atom is 0.332 e. The fourth-order valence-electron chi connectivity index (χ4n) is 4.12. The molecule has 2 aromatic rings. The van der Waals surface area contributed by atoms with Gasteiger partial charge in [-0.25, -0.2) is 4.79 Å². The maximum absolute atomic E-state index is 13.4. The number of carbonyl (C=O) groups is 2. The second-order valence-electron chi connectivity index (χ2n) is 7.94. The number of benzene rings is 2. The van der Waals surface area contributed by atoms with E-state index in [1.807, 2.05) is 49.4 Å². The van der Waals surface area contributed by atoms with Crippen LogP contribution in [0, 0.1) is 6.92 Å². The minimum Gasteiger partial charge on any atom is -0.464 e. The maximum atomic E-state index is 13.4. The Morgan fingerprint density at radius 2 is 1.73 bits per heavy atom. The van der Waals surface area contributed by atoms with Gasteiger partial charge in [0.05, 0.1) is 6.61 Å². The molecule has 0 spiro atoms. The van der Waals surface area contributed by atoms with Crippen molar-refractivity contribution in [2.24, 2.45) is 0 Å². The van der Waals surface area contributed by atoms with Crippen molar-refractivity contribution >= 4 is 11.9 Å². The molecule has 0 bridgehead atoms. The van der Waals surface area contributed by atoms with Crippen LogP contribution in [-0.2, 0) is 28.8 Å². The molecule has 0 heterocycles. The van der Waals surface area contributed by atoms with Crippen molar-refractivity contribution in [2.45, 2.75) is 58.4 Å². The van der Waals surface area contributed by atoms with Gasteiger partial charge in [0.25, 0.3) is 5.91 Å². The van der Waals surface area contributed by atoms with Gasteiger partial charge in [-0.1, -0.05) is 61.9 Å². The number of aryl methyl sites for hydroxylation is 1. The minimum atomic E-state index is -1.06. The zero-order chi connectivity index (χ0) is 21.6. The molecule has 0 aliphatic heterocycles. The molecule has 1 aliphatic rings. The number of unbranched alkanes of at least 4 members (excludes halogenated alkanes) is 1. The molecule has 3 rings (SSSR count). The molecule has 0 saturated heterocycles. The Bertz CT molecular complexity index is 920. The highest BCUT2D eigenvalue weighted by atomic mass is 16.5. The van der Waals surface area contributed by atoms with Crippen LogP contribution < -0.4 is 5.32 Å². The molecule has 30 heavy (non-hydrogen) atoms. The molecular formula is C26H31NO3. The number of fused-ring (bicyclic) bond motifs is 1. The summed E-state index contributed by atoms with van der Waals surface area (Å²) in [4.78, 5) is 26.3. The number of nitrogens with one attached hydrogen (secondary N) is 1. The number of ether oxygens (including phenoxy) is 1.